The minimum atomic E-state index is -1.35. The maximum Gasteiger partial charge on any atom is 1.00 e. The molecule has 0 spiro atoms. The van der Waals surface area contributed by atoms with Gasteiger partial charge >= 0.3 is 65.1 Å². The second-order valence-electron chi connectivity index (χ2n) is 4.46. The molecule has 2 fully saturated rings. The Balaban J connectivity index is -0.000000325. The summed E-state index contributed by atoms with van der Waals surface area (Å²) in [5.41, 5.74) is 0. The molecule has 2 rings (SSSR count). The van der Waals surface area contributed by atoms with Crippen molar-refractivity contribution >= 4 is 11.9 Å². The quantitative estimate of drug-likeness (QED) is 0.190. The van der Waals surface area contributed by atoms with Gasteiger partial charge in [0.15, 0.2) is 0 Å². The summed E-state index contributed by atoms with van der Waals surface area (Å²) in [7, 11) is 1.00. The average molecular weight is 366 g/mol. The fraction of sp³-hybridized carbons (Fsp3) is 0.818. The first-order valence-corrected chi connectivity index (χ1v) is 6.66. The molecule has 128 valence electrons. The summed E-state index contributed by atoms with van der Waals surface area (Å²) < 4.78 is 0. The largest absolute Gasteiger partial charge is 1.00 e. The third-order valence-corrected chi connectivity index (χ3v) is 3.14. The van der Waals surface area contributed by atoms with Crippen LogP contribution in [-0.2, 0) is 9.59 Å². The molecule has 2 atom stereocenters. The number of rotatable bonds is 3. The van der Waals surface area contributed by atoms with E-state index in [1.165, 1.54) is 0 Å². The maximum absolute atomic E-state index is 10.6. The molecule has 2 aliphatic heterocycles. The monoisotopic (exact) mass is 366 g/mol. The molecule has 0 aromatic heterocycles. The zero-order valence-corrected chi connectivity index (χ0v) is 18.2. The van der Waals surface area contributed by atoms with Crippen LogP contribution in [0.15, 0.2) is 5.28 Å². The van der Waals surface area contributed by atoms with Crippen molar-refractivity contribution in [3.05, 3.63) is 10.4 Å². The Hall–Kier alpha value is -0.140. The van der Waals surface area contributed by atoms with Gasteiger partial charge in [-0.15, -0.1) is 5.01 Å². The van der Waals surface area contributed by atoms with E-state index in [9.17, 15) is 25.1 Å². The summed E-state index contributed by atoms with van der Waals surface area (Å²) in [5, 5.41) is 51.8. The molecular weight excluding hydrogens is 346 g/mol. The van der Waals surface area contributed by atoms with Crippen molar-refractivity contribution < 1.29 is 89.0 Å². The van der Waals surface area contributed by atoms with E-state index in [1.54, 1.807) is 0 Å². The smallest absolute Gasteiger partial charge is 0.737 e. The molecule has 11 nitrogen and oxygen atoms in total. The average Bonchev–Trinajstić information content (AvgIpc) is 3.20. The molecule has 2 aliphatic rings. The van der Waals surface area contributed by atoms with Gasteiger partial charge in [0, 0.05) is 12.1 Å². The zero-order valence-electron chi connectivity index (χ0n) is 14.2. The number of carbonyl (C=O) groups is 2. The Bertz CT molecular complexity index is 395. The summed E-state index contributed by atoms with van der Waals surface area (Å²) in [6, 6.07) is -1.28. The number of nitrogens with zero attached hydrogens (tertiary/aromatic N) is 3. The third-order valence-electron chi connectivity index (χ3n) is 3.14. The van der Waals surface area contributed by atoms with Crippen molar-refractivity contribution in [3.8, 4) is 0 Å². The molecule has 0 bridgehead atoms. The molecule has 0 amide bonds. The van der Waals surface area contributed by atoms with Crippen LogP contribution in [0.2, 0.25) is 0 Å². The standard InChI is InChI=1S/C5H9N3O4.C5H9NO2.CH4O.2Na/c9-5(10)4-2-1-3-7(4)8(12)6-11;7-5(8)4-2-1-3-6-4;1-2;;/h4,11H,1-3H2,(H,9,10);4,6H,1-3H2,(H,7,8);2H,1H3;;/q;;;2*+1/p-2/b8-6-;;;;/t2*4-;;;/m10.../s1. The van der Waals surface area contributed by atoms with Gasteiger partial charge in [0.1, 0.15) is 12.1 Å². The fourth-order valence-electron chi connectivity index (χ4n) is 2.14. The fourth-order valence-corrected chi connectivity index (χ4v) is 2.14. The van der Waals surface area contributed by atoms with E-state index in [4.69, 9.17) is 10.2 Å². The second kappa shape index (κ2) is 16.3. The Morgan fingerprint density at radius 1 is 1.25 bits per heavy atom. The van der Waals surface area contributed by atoms with E-state index in [2.05, 4.69) is 10.6 Å². The summed E-state index contributed by atoms with van der Waals surface area (Å²) in [4.78, 5) is 20.3. The predicted molar refractivity (Wildman–Crippen MR) is 71.0 cm³/mol. The van der Waals surface area contributed by atoms with Gasteiger partial charge in [0.25, 0.3) is 0 Å². The molecule has 0 saturated carbocycles. The molecule has 2 heterocycles. The van der Waals surface area contributed by atoms with Gasteiger partial charge in [-0.2, -0.15) is 0 Å². The van der Waals surface area contributed by atoms with Crippen LogP contribution in [0.5, 0.6) is 0 Å². The van der Waals surface area contributed by atoms with Gasteiger partial charge in [0.2, 0.25) is 0 Å². The molecule has 0 aromatic rings. The number of aliphatic carboxylic acids is 2. The van der Waals surface area contributed by atoms with Gasteiger partial charge in [-0.1, -0.05) is 0 Å². The Morgan fingerprint density at radius 2 is 1.83 bits per heavy atom. The van der Waals surface area contributed by atoms with E-state index in [-0.39, 0.29) is 76.7 Å². The molecular formula is C11H20N4Na2O7. The molecule has 24 heavy (non-hydrogen) atoms. The number of carboxylic acid groups (broad SMARTS) is 2. The third kappa shape index (κ3) is 9.99. The van der Waals surface area contributed by atoms with E-state index >= 15 is 0 Å². The van der Waals surface area contributed by atoms with Crippen LogP contribution in [0.1, 0.15) is 25.7 Å². The van der Waals surface area contributed by atoms with Crippen LogP contribution in [0.4, 0.5) is 0 Å². The van der Waals surface area contributed by atoms with Gasteiger partial charge < -0.3 is 35.8 Å². The number of carbonyl (C=O) groups excluding carboxylic acids is 1. The first-order valence-electron chi connectivity index (χ1n) is 6.66. The van der Waals surface area contributed by atoms with E-state index in [0.717, 1.165) is 31.5 Å². The summed E-state index contributed by atoms with van der Waals surface area (Å²) in [6.07, 6.45) is 2.65. The summed E-state index contributed by atoms with van der Waals surface area (Å²) >= 11 is 0. The number of hydrogen-bond donors (Lipinski definition) is 3. The summed E-state index contributed by atoms with van der Waals surface area (Å²) in [5.74, 6) is -2.07. The Morgan fingerprint density at radius 3 is 2.17 bits per heavy atom. The van der Waals surface area contributed by atoms with Crippen molar-refractivity contribution in [1.29, 1.82) is 0 Å². The van der Waals surface area contributed by atoms with Crippen LogP contribution < -0.4 is 69.5 Å². The van der Waals surface area contributed by atoms with E-state index in [1.807, 2.05) is 0 Å². The van der Waals surface area contributed by atoms with Crippen LogP contribution in [0.3, 0.4) is 0 Å². The van der Waals surface area contributed by atoms with Gasteiger partial charge in [-0.05, 0) is 37.5 Å². The molecule has 13 heteroatoms. The van der Waals surface area contributed by atoms with Crippen molar-refractivity contribution in [3.63, 3.8) is 0 Å². The van der Waals surface area contributed by atoms with Gasteiger partial charge in [0.05, 0.1) is 12.5 Å². The van der Waals surface area contributed by atoms with Crippen LogP contribution in [-0.4, -0.2) is 64.4 Å². The number of hydrazine groups is 1. The first-order chi connectivity index (χ1) is 10.5. The molecule has 0 unspecified atom stereocenters. The van der Waals surface area contributed by atoms with Crippen LogP contribution in [0, 0.1) is 10.4 Å². The number of aliphatic hydroxyl groups is 1. The number of nitrogens with one attached hydrogen (secondary N) is 1. The van der Waals surface area contributed by atoms with E-state index in [0.29, 0.717) is 12.8 Å². The predicted octanol–water partition coefficient (Wildman–Crippen LogP) is -7.98. The number of hydrogen-bond acceptors (Lipinski definition) is 8. The van der Waals surface area contributed by atoms with Crippen LogP contribution in [0.25, 0.3) is 0 Å². The zero-order chi connectivity index (χ0) is 17.1. The van der Waals surface area contributed by atoms with Crippen molar-refractivity contribution in [2.75, 3.05) is 20.2 Å². The van der Waals surface area contributed by atoms with Gasteiger partial charge in [-0.25, -0.2) is 0 Å². The van der Waals surface area contributed by atoms with Crippen molar-refractivity contribution in [2.24, 2.45) is 5.28 Å². The summed E-state index contributed by atoms with van der Waals surface area (Å²) in [6.45, 7) is 1.09. The Kier molecular flexibility index (Phi) is 19.5. The van der Waals surface area contributed by atoms with Crippen molar-refractivity contribution in [1.82, 2.24) is 10.3 Å². The Labute approximate surface area is 183 Å². The topological polar surface area (TPSA) is 174 Å². The van der Waals surface area contributed by atoms with E-state index < -0.39 is 18.0 Å². The van der Waals surface area contributed by atoms with Crippen molar-refractivity contribution in [2.45, 2.75) is 37.8 Å². The molecule has 0 aliphatic carbocycles. The normalized spacial score (nSPS) is 21.9. The second-order valence-corrected chi connectivity index (χ2v) is 4.46. The molecule has 2 saturated heterocycles. The number of aliphatic hydroxyl groups excluding tert-OH is 1. The maximum atomic E-state index is 10.6. The van der Waals surface area contributed by atoms with Gasteiger partial charge in [-0.3, -0.25) is 4.79 Å². The minimum Gasteiger partial charge on any atom is -0.737 e. The molecule has 0 aromatic carbocycles. The number of carboxylic acids is 2. The minimum absolute atomic E-state index is 0. The first kappa shape index (κ1) is 28.7. The molecule has 0 radical (unpaired) electrons. The van der Waals surface area contributed by atoms with Crippen LogP contribution >= 0.6 is 0 Å². The molecule has 3 N–H and O–H groups in total. The SMILES string of the molecule is CO.O=C(O)[C@@H]1CCCN1.O=C([O-])[C@H]1CCCN1/[N+]([O-])=N/[O-].[Na+].[Na+].